The molecule has 1 aromatic rings. The van der Waals surface area contributed by atoms with Gasteiger partial charge in [0.2, 0.25) is 5.91 Å². The monoisotopic (exact) mass is 293 g/mol. The van der Waals surface area contributed by atoms with Crippen molar-refractivity contribution >= 4 is 5.91 Å². The summed E-state index contributed by atoms with van der Waals surface area (Å²) in [6.45, 7) is 12.1. The first-order chi connectivity index (χ1) is 10.0. The summed E-state index contributed by atoms with van der Waals surface area (Å²) in [5.41, 5.74) is 1.25. The zero-order valence-electron chi connectivity index (χ0n) is 14.1. The highest BCUT2D eigenvalue weighted by atomic mass is 16.2. The molecule has 0 saturated heterocycles. The van der Waals surface area contributed by atoms with E-state index in [1.165, 1.54) is 5.56 Å². The number of hydrogen-bond acceptors (Lipinski definition) is 2. The van der Waals surface area contributed by atoms with Crippen molar-refractivity contribution in [2.24, 2.45) is 5.92 Å². The van der Waals surface area contributed by atoms with E-state index in [1.54, 1.807) is 0 Å². The van der Waals surface area contributed by atoms with Crippen molar-refractivity contribution in [1.29, 1.82) is 0 Å². The number of aromatic nitrogens is 1. The van der Waals surface area contributed by atoms with E-state index in [-0.39, 0.29) is 11.9 Å². The van der Waals surface area contributed by atoms with Crippen LogP contribution in [-0.2, 0) is 11.3 Å². The quantitative estimate of drug-likeness (QED) is 0.735. The van der Waals surface area contributed by atoms with E-state index in [0.29, 0.717) is 18.5 Å². The van der Waals surface area contributed by atoms with Crippen molar-refractivity contribution in [1.82, 2.24) is 15.2 Å². The van der Waals surface area contributed by atoms with Crippen LogP contribution in [0.2, 0.25) is 0 Å². The maximum Gasteiger partial charge on any atom is 0.240 e. The summed E-state index contributed by atoms with van der Waals surface area (Å²) in [6, 6.07) is 2.74. The fourth-order valence-corrected chi connectivity index (χ4v) is 2.63. The third-order valence-electron chi connectivity index (χ3n) is 3.90. The lowest BCUT2D eigenvalue weighted by Crippen LogP contribution is -2.36. The Morgan fingerprint density at radius 3 is 2.43 bits per heavy atom. The van der Waals surface area contributed by atoms with Crippen LogP contribution in [0.1, 0.15) is 59.1 Å². The molecule has 0 aromatic carbocycles. The first-order valence-electron chi connectivity index (χ1n) is 8.20. The first kappa shape index (κ1) is 17.8. The highest BCUT2D eigenvalue weighted by Crippen LogP contribution is 2.21. The highest BCUT2D eigenvalue weighted by Gasteiger charge is 2.16. The fourth-order valence-electron chi connectivity index (χ4n) is 2.63. The van der Waals surface area contributed by atoms with Crippen LogP contribution in [0, 0.1) is 5.92 Å². The van der Waals surface area contributed by atoms with Crippen LogP contribution >= 0.6 is 0 Å². The molecule has 0 saturated carbocycles. The predicted molar refractivity (Wildman–Crippen MR) is 88.2 cm³/mol. The summed E-state index contributed by atoms with van der Waals surface area (Å²) in [5, 5.41) is 6.58. The molecule has 0 bridgehead atoms. The van der Waals surface area contributed by atoms with Crippen LogP contribution in [0.15, 0.2) is 18.5 Å². The van der Waals surface area contributed by atoms with Crippen LogP contribution in [0.3, 0.4) is 0 Å². The van der Waals surface area contributed by atoms with E-state index in [1.807, 2.05) is 10.8 Å². The smallest absolute Gasteiger partial charge is 0.240 e. The summed E-state index contributed by atoms with van der Waals surface area (Å²) in [4.78, 5) is 12.0. The maximum absolute atomic E-state index is 12.0. The van der Waals surface area contributed by atoms with E-state index in [2.05, 4.69) is 57.5 Å². The SMILES string of the molecule is CCNC(c1ccn(CC(=O)NC(CC)CC)c1)C(C)C. The molecule has 0 fully saturated rings. The number of amides is 1. The summed E-state index contributed by atoms with van der Waals surface area (Å²) in [7, 11) is 0. The molecular formula is C17H31N3O. The second-order valence-electron chi connectivity index (χ2n) is 5.98. The van der Waals surface area contributed by atoms with Crippen molar-refractivity contribution in [3.8, 4) is 0 Å². The lowest BCUT2D eigenvalue weighted by molar-refractivity contribution is -0.122. The molecule has 1 heterocycles. The minimum absolute atomic E-state index is 0.0930. The molecule has 0 aliphatic heterocycles. The van der Waals surface area contributed by atoms with Gasteiger partial charge >= 0.3 is 0 Å². The van der Waals surface area contributed by atoms with Gasteiger partial charge in [0.1, 0.15) is 6.54 Å². The standard InChI is InChI=1S/C17H31N3O/c1-6-15(7-2)19-16(21)12-20-10-9-14(11-20)17(13(4)5)18-8-3/h9-11,13,15,17-18H,6-8,12H2,1-5H3,(H,19,21). The molecule has 1 rings (SSSR count). The van der Waals surface area contributed by atoms with E-state index in [9.17, 15) is 4.79 Å². The Bertz CT molecular complexity index is 421. The molecule has 1 unspecified atom stereocenters. The molecular weight excluding hydrogens is 262 g/mol. The molecule has 120 valence electrons. The Hall–Kier alpha value is -1.29. The normalized spacial score (nSPS) is 12.9. The van der Waals surface area contributed by atoms with E-state index < -0.39 is 0 Å². The molecule has 1 atom stereocenters. The van der Waals surface area contributed by atoms with Crippen molar-refractivity contribution in [2.45, 2.75) is 66.1 Å². The van der Waals surface area contributed by atoms with Gasteiger partial charge in [0.25, 0.3) is 0 Å². The van der Waals surface area contributed by atoms with Crippen molar-refractivity contribution in [3.63, 3.8) is 0 Å². The lowest BCUT2D eigenvalue weighted by atomic mass is 9.98. The molecule has 21 heavy (non-hydrogen) atoms. The van der Waals surface area contributed by atoms with Crippen LogP contribution in [-0.4, -0.2) is 23.1 Å². The van der Waals surface area contributed by atoms with Crippen LogP contribution in [0.5, 0.6) is 0 Å². The third-order valence-corrected chi connectivity index (χ3v) is 3.90. The minimum Gasteiger partial charge on any atom is -0.352 e. The lowest BCUT2D eigenvalue weighted by Gasteiger charge is -2.20. The average molecular weight is 293 g/mol. The number of rotatable bonds is 9. The molecule has 4 heteroatoms. The van der Waals surface area contributed by atoms with Gasteiger partial charge in [0.05, 0.1) is 0 Å². The number of nitrogens with one attached hydrogen (secondary N) is 2. The fraction of sp³-hybridized carbons (Fsp3) is 0.706. The van der Waals surface area contributed by atoms with Gasteiger partial charge in [-0.3, -0.25) is 4.79 Å². The second-order valence-corrected chi connectivity index (χ2v) is 5.98. The van der Waals surface area contributed by atoms with Crippen molar-refractivity contribution in [2.75, 3.05) is 6.54 Å². The minimum atomic E-state index is 0.0930. The predicted octanol–water partition coefficient (Wildman–Crippen LogP) is 3.10. The van der Waals surface area contributed by atoms with Gasteiger partial charge in [0.15, 0.2) is 0 Å². The van der Waals surface area contributed by atoms with E-state index in [4.69, 9.17) is 0 Å². The van der Waals surface area contributed by atoms with Crippen molar-refractivity contribution < 1.29 is 4.79 Å². The van der Waals surface area contributed by atoms with E-state index >= 15 is 0 Å². The first-order valence-corrected chi connectivity index (χ1v) is 8.20. The zero-order valence-corrected chi connectivity index (χ0v) is 14.1. The molecule has 1 aromatic heterocycles. The Labute approximate surface area is 129 Å². The molecule has 1 amide bonds. The van der Waals surface area contributed by atoms with Gasteiger partial charge in [-0.05, 0) is 36.9 Å². The van der Waals surface area contributed by atoms with Gasteiger partial charge in [-0.25, -0.2) is 0 Å². The van der Waals surface area contributed by atoms with Crippen molar-refractivity contribution in [3.05, 3.63) is 24.0 Å². The molecule has 0 aliphatic rings. The molecule has 0 aliphatic carbocycles. The van der Waals surface area contributed by atoms with Gasteiger partial charge in [-0.15, -0.1) is 0 Å². The number of carbonyl (C=O) groups is 1. The summed E-state index contributed by atoms with van der Waals surface area (Å²) in [6.07, 6.45) is 6.04. The molecule has 0 radical (unpaired) electrons. The maximum atomic E-state index is 12.0. The van der Waals surface area contributed by atoms with Crippen LogP contribution in [0.25, 0.3) is 0 Å². The topological polar surface area (TPSA) is 46.1 Å². The van der Waals surface area contributed by atoms with Crippen LogP contribution in [0.4, 0.5) is 0 Å². The van der Waals surface area contributed by atoms with Crippen LogP contribution < -0.4 is 10.6 Å². The zero-order chi connectivity index (χ0) is 15.8. The largest absolute Gasteiger partial charge is 0.352 e. The Kier molecular flexibility index (Phi) is 7.51. The number of hydrogen-bond donors (Lipinski definition) is 2. The average Bonchev–Trinajstić information content (AvgIpc) is 2.89. The second kappa shape index (κ2) is 8.88. The number of nitrogens with zero attached hydrogens (tertiary/aromatic N) is 1. The Morgan fingerprint density at radius 2 is 1.90 bits per heavy atom. The summed E-state index contributed by atoms with van der Waals surface area (Å²) < 4.78 is 1.97. The van der Waals surface area contributed by atoms with E-state index in [0.717, 1.165) is 19.4 Å². The Morgan fingerprint density at radius 1 is 1.24 bits per heavy atom. The van der Waals surface area contributed by atoms with Gasteiger partial charge in [-0.1, -0.05) is 34.6 Å². The highest BCUT2D eigenvalue weighted by molar-refractivity contribution is 5.76. The van der Waals surface area contributed by atoms with Gasteiger partial charge in [0, 0.05) is 24.5 Å². The Balaban J connectivity index is 2.64. The van der Waals surface area contributed by atoms with Gasteiger partial charge in [-0.2, -0.15) is 0 Å². The van der Waals surface area contributed by atoms with Gasteiger partial charge < -0.3 is 15.2 Å². The summed E-state index contributed by atoms with van der Waals surface area (Å²) >= 11 is 0. The molecule has 2 N–H and O–H groups in total. The molecule has 0 spiro atoms. The number of carbonyl (C=O) groups excluding carboxylic acids is 1. The molecule has 4 nitrogen and oxygen atoms in total. The summed E-state index contributed by atoms with van der Waals surface area (Å²) in [5.74, 6) is 0.620. The third kappa shape index (κ3) is 5.54.